The summed E-state index contributed by atoms with van der Waals surface area (Å²) < 4.78 is 1.87. The molecule has 0 spiro atoms. The Morgan fingerprint density at radius 2 is 2.29 bits per heavy atom. The monoisotopic (exact) mass is 301 g/mol. The lowest BCUT2D eigenvalue weighted by Gasteiger charge is -2.11. The summed E-state index contributed by atoms with van der Waals surface area (Å²) in [5.41, 5.74) is 1.27. The van der Waals surface area contributed by atoms with E-state index < -0.39 is 0 Å². The van der Waals surface area contributed by atoms with E-state index in [1.54, 1.807) is 18.0 Å². The molecule has 4 nitrogen and oxygen atoms in total. The van der Waals surface area contributed by atoms with Crippen LogP contribution in [-0.4, -0.2) is 20.9 Å². The first-order valence-corrected chi connectivity index (χ1v) is 8.23. The number of thioether (sulfide) groups is 1. The van der Waals surface area contributed by atoms with Crippen molar-refractivity contribution >= 4 is 23.5 Å². The average molecular weight is 301 g/mol. The van der Waals surface area contributed by atoms with Crippen molar-refractivity contribution in [1.29, 1.82) is 0 Å². The number of carbonyl (C=O) groups is 1. The number of anilines is 1. The highest BCUT2D eigenvalue weighted by molar-refractivity contribution is 8.01. The van der Waals surface area contributed by atoms with Crippen LogP contribution >= 0.6 is 11.8 Å². The second kappa shape index (κ2) is 6.35. The van der Waals surface area contributed by atoms with Gasteiger partial charge in [-0.1, -0.05) is 31.5 Å². The number of nitrogens with zero attached hydrogens (tertiary/aromatic N) is 2. The predicted octanol–water partition coefficient (Wildman–Crippen LogP) is 3.34. The van der Waals surface area contributed by atoms with Gasteiger partial charge in [0.05, 0.1) is 11.4 Å². The summed E-state index contributed by atoms with van der Waals surface area (Å²) in [6.07, 6.45) is 4.72. The van der Waals surface area contributed by atoms with Gasteiger partial charge in [-0.25, -0.2) is 4.68 Å². The van der Waals surface area contributed by atoms with Crippen LogP contribution in [0.4, 0.5) is 5.82 Å². The lowest BCUT2D eigenvalue weighted by molar-refractivity contribution is -0.115. The second-order valence-corrected chi connectivity index (χ2v) is 6.45. The van der Waals surface area contributed by atoms with Gasteiger partial charge in [0.2, 0.25) is 5.91 Å². The van der Waals surface area contributed by atoms with Gasteiger partial charge in [-0.05, 0) is 24.5 Å². The molecule has 3 rings (SSSR count). The van der Waals surface area contributed by atoms with Crippen LogP contribution in [0.2, 0.25) is 0 Å². The molecule has 21 heavy (non-hydrogen) atoms. The Morgan fingerprint density at radius 3 is 3.10 bits per heavy atom. The van der Waals surface area contributed by atoms with E-state index in [-0.39, 0.29) is 11.2 Å². The summed E-state index contributed by atoms with van der Waals surface area (Å²) in [5, 5.41) is 7.24. The molecule has 0 radical (unpaired) electrons. The minimum atomic E-state index is -0.0445. The van der Waals surface area contributed by atoms with Crippen molar-refractivity contribution in [3.05, 3.63) is 42.1 Å². The molecule has 1 aromatic heterocycles. The molecule has 0 aliphatic carbocycles. The third-order valence-electron chi connectivity index (χ3n) is 3.63. The fourth-order valence-electron chi connectivity index (χ4n) is 2.46. The van der Waals surface area contributed by atoms with Crippen LogP contribution in [0.5, 0.6) is 0 Å². The first-order chi connectivity index (χ1) is 10.3. The molecule has 5 heteroatoms. The first kappa shape index (κ1) is 14.2. The van der Waals surface area contributed by atoms with Crippen molar-refractivity contribution in [1.82, 2.24) is 9.78 Å². The SMILES string of the molecule is CCCCn1nccc1NC(=O)C1Cc2ccccc2S1. The predicted molar refractivity (Wildman–Crippen MR) is 85.6 cm³/mol. The average Bonchev–Trinajstić information content (AvgIpc) is 3.11. The summed E-state index contributed by atoms with van der Waals surface area (Å²) >= 11 is 1.65. The van der Waals surface area contributed by atoms with E-state index >= 15 is 0 Å². The van der Waals surface area contributed by atoms with Crippen molar-refractivity contribution in [2.45, 2.75) is 42.9 Å². The smallest absolute Gasteiger partial charge is 0.239 e. The number of carbonyl (C=O) groups excluding carboxylic acids is 1. The molecule has 1 N–H and O–H groups in total. The molecule has 0 saturated carbocycles. The van der Waals surface area contributed by atoms with Gasteiger partial charge in [-0.2, -0.15) is 5.10 Å². The summed E-state index contributed by atoms with van der Waals surface area (Å²) in [5.74, 6) is 0.861. The van der Waals surface area contributed by atoms with E-state index in [0.717, 1.165) is 31.6 Å². The van der Waals surface area contributed by atoms with Crippen molar-refractivity contribution < 1.29 is 4.79 Å². The van der Waals surface area contributed by atoms with Crippen molar-refractivity contribution in [2.24, 2.45) is 0 Å². The molecule has 2 aromatic rings. The molecule has 110 valence electrons. The Morgan fingerprint density at radius 1 is 1.43 bits per heavy atom. The maximum atomic E-state index is 12.4. The zero-order valence-electron chi connectivity index (χ0n) is 12.1. The Hall–Kier alpha value is -1.75. The Balaban J connectivity index is 1.64. The lowest BCUT2D eigenvalue weighted by Crippen LogP contribution is -2.26. The highest BCUT2D eigenvalue weighted by Crippen LogP contribution is 2.37. The van der Waals surface area contributed by atoms with Crippen LogP contribution in [0.1, 0.15) is 25.3 Å². The third-order valence-corrected chi connectivity index (χ3v) is 4.95. The molecule has 1 amide bonds. The molecule has 0 saturated heterocycles. The van der Waals surface area contributed by atoms with E-state index in [0.29, 0.717) is 0 Å². The number of amides is 1. The number of aromatic nitrogens is 2. The van der Waals surface area contributed by atoms with E-state index in [1.807, 2.05) is 22.9 Å². The summed E-state index contributed by atoms with van der Waals surface area (Å²) in [6.45, 7) is 2.99. The van der Waals surface area contributed by atoms with E-state index in [9.17, 15) is 4.79 Å². The number of hydrogen-bond acceptors (Lipinski definition) is 3. The lowest BCUT2D eigenvalue weighted by atomic mass is 10.1. The normalized spacial score (nSPS) is 16.7. The first-order valence-electron chi connectivity index (χ1n) is 7.35. The van der Waals surface area contributed by atoms with Gasteiger partial charge >= 0.3 is 0 Å². The number of fused-ring (bicyclic) bond motifs is 1. The standard InChI is InChI=1S/C16H19N3OS/c1-2-3-10-19-15(8-9-17-19)18-16(20)14-11-12-6-4-5-7-13(12)21-14/h4-9,14H,2-3,10-11H2,1H3,(H,18,20). The fourth-order valence-corrected chi connectivity index (χ4v) is 3.66. The van der Waals surface area contributed by atoms with Gasteiger partial charge in [-0.3, -0.25) is 4.79 Å². The van der Waals surface area contributed by atoms with Crippen LogP contribution in [0.3, 0.4) is 0 Å². The number of aryl methyl sites for hydroxylation is 1. The van der Waals surface area contributed by atoms with Crippen LogP contribution in [0, 0.1) is 0 Å². The van der Waals surface area contributed by atoms with Crippen LogP contribution in [0.15, 0.2) is 41.4 Å². The number of unbranched alkanes of at least 4 members (excludes halogenated alkanes) is 1. The molecule has 1 aromatic carbocycles. The maximum absolute atomic E-state index is 12.4. The van der Waals surface area contributed by atoms with E-state index in [4.69, 9.17) is 0 Å². The van der Waals surface area contributed by atoms with Crippen LogP contribution in [-0.2, 0) is 17.8 Å². The quantitative estimate of drug-likeness (QED) is 0.921. The largest absolute Gasteiger partial charge is 0.310 e. The molecule has 0 bridgehead atoms. The second-order valence-electron chi connectivity index (χ2n) is 5.20. The zero-order chi connectivity index (χ0) is 14.7. The number of benzene rings is 1. The Kier molecular flexibility index (Phi) is 4.29. The van der Waals surface area contributed by atoms with Crippen LogP contribution < -0.4 is 5.32 Å². The van der Waals surface area contributed by atoms with Crippen molar-refractivity contribution in [3.63, 3.8) is 0 Å². The van der Waals surface area contributed by atoms with Gasteiger partial charge in [0.15, 0.2) is 0 Å². The van der Waals surface area contributed by atoms with Gasteiger partial charge in [0.1, 0.15) is 5.82 Å². The highest BCUT2D eigenvalue weighted by Gasteiger charge is 2.28. The molecular formula is C16H19N3OS. The van der Waals surface area contributed by atoms with Crippen molar-refractivity contribution in [3.8, 4) is 0 Å². The minimum Gasteiger partial charge on any atom is -0.310 e. The zero-order valence-corrected chi connectivity index (χ0v) is 12.9. The minimum absolute atomic E-state index is 0.0445. The molecular weight excluding hydrogens is 282 g/mol. The molecule has 1 aliphatic rings. The molecule has 1 atom stereocenters. The maximum Gasteiger partial charge on any atom is 0.239 e. The summed E-state index contributed by atoms with van der Waals surface area (Å²) in [6, 6.07) is 10.1. The van der Waals surface area contributed by atoms with Crippen molar-refractivity contribution in [2.75, 3.05) is 5.32 Å². The number of nitrogens with one attached hydrogen (secondary N) is 1. The highest BCUT2D eigenvalue weighted by atomic mass is 32.2. The molecule has 1 unspecified atom stereocenters. The van der Waals surface area contributed by atoms with Crippen LogP contribution in [0.25, 0.3) is 0 Å². The number of rotatable bonds is 5. The molecule has 1 aliphatic heterocycles. The van der Waals surface area contributed by atoms with Gasteiger partial charge in [0.25, 0.3) is 0 Å². The number of hydrogen-bond donors (Lipinski definition) is 1. The summed E-state index contributed by atoms with van der Waals surface area (Å²) in [7, 11) is 0. The van der Waals surface area contributed by atoms with Gasteiger partial charge < -0.3 is 5.32 Å². The van der Waals surface area contributed by atoms with Gasteiger partial charge in [0, 0.05) is 17.5 Å². The van der Waals surface area contributed by atoms with Gasteiger partial charge in [-0.15, -0.1) is 11.8 Å². The van der Waals surface area contributed by atoms with E-state index in [2.05, 4.69) is 29.5 Å². The molecule has 2 heterocycles. The third kappa shape index (κ3) is 3.13. The Bertz CT molecular complexity index is 613. The molecule has 0 fully saturated rings. The fraction of sp³-hybridized carbons (Fsp3) is 0.375. The topological polar surface area (TPSA) is 46.9 Å². The summed E-state index contributed by atoms with van der Waals surface area (Å²) in [4.78, 5) is 13.7. The van der Waals surface area contributed by atoms with E-state index in [1.165, 1.54) is 10.5 Å². The Labute approximate surface area is 128 Å².